The number of fused-ring (bicyclic) bond motifs is 1. The van der Waals surface area contributed by atoms with Gasteiger partial charge in [-0.3, -0.25) is 24.9 Å². The van der Waals surface area contributed by atoms with Crippen LogP contribution in [0.25, 0.3) is 10.9 Å². The minimum atomic E-state index is -0.0172. The average Bonchev–Trinajstić information content (AvgIpc) is 2.92. The summed E-state index contributed by atoms with van der Waals surface area (Å²) < 4.78 is 0. The van der Waals surface area contributed by atoms with E-state index < -0.39 is 0 Å². The predicted molar refractivity (Wildman–Crippen MR) is 154 cm³/mol. The van der Waals surface area contributed by atoms with E-state index in [-0.39, 0.29) is 5.91 Å². The van der Waals surface area contributed by atoms with E-state index in [9.17, 15) is 9.59 Å². The number of aldehydes is 1. The molecule has 1 aliphatic heterocycles. The fraction of sp³-hybridized carbons (Fsp3) is 0.406. The first-order valence-corrected chi connectivity index (χ1v) is 13.8. The molecule has 0 aliphatic carbocycles. The summed E-state index contributed by atoms with van der Waals surface area (Å²) in [7, 11) is 1.84. The summed E-state index contributed by atoms with van der Waals surface area (Å²) in [5.41, 5.74) is 7.93. The summed E-state index contributed by atoms with van der Waals surface area (Å²) in [5, 5.41) is 2.95. The minimum absolute atomic E-state index is 0.0172. The Morgan fingerprint density at radius 3 is 2.89 bits per heavy atom. The monoisotopic (exact) mass is 512 g/mol. The molecule has 38 heavy (non-hydrogen) atoms. The second-order valence-corrected chi connectivity index (χ2v) is 10.4. The summed E-state index contributed by atoms with van der Waals surface area (Å²) in [6.07, 6.45) is 10.5. The standard InChI is InChI=1S/C32H40N4O2/c1-3-4-5-13-32(38)34-35(2)22-28-21-25(14-16-27(28)24-37)15-19-30-11-8-9-20-36(30)23-29-18-17-26-10-6-7-12-31(26)33-29/h3,6-7,10,12,14,16-18,21,24,30H,1,4-5,8-9,11,13,15,19-20,22-23H2,2H3,(H,34,38). The molecule has 2 heterocycles. The van der Waals surface area contributed by atoms with E-state index in [1.807, 2.05) is 25.3 Å². The number of aryl methyl sites for hydroxylation is 1. The Morgan fingerprint density at radius 1 is 1.18 bits per heavy atom. The van der Waals surface area contributed by atoms with Crippen molar-refractivity contribution in [1.29, 1.82) is 0 Å². The van der Waals surface area contributed by atoms with Gasteiger partial charge in [-0.2, -0.15) is 0 Å². The van der Waals surface area contributed by atoms with Crippen molar-refractivity contribution in [2.75, 3.05) is 13.6 Å². The van der Waals surface area contributed by atoms with Crippen molar-refractivity contribution in [1.82, 2.24) is 20.3 Å². The molecule has 1 aliphatic rings. The van der Waals surface area contributed by atoms with Gasteiger partial charge in [-0.25, -0.2) is 5.01 Å². The van der Waals surface area contributed by atoms with E-state index in [4.69, 9.17) is 4.98 Å². The highest BCUT2D eigenvalue weighted by molar-refractivity contribution is 5.78. The van der Waals surface area contributed by atoms with Gasteiger partial charge in [0.2, 0.25) is 5.91 Å². The highest BCUT2D eigenvalue weighted by Gasteiger charge is 2.23. The number of unbranched alkanes of at least 4 members (excludes halogenated alkanes) is 1. The molecule has 200 valence electrons. The molecule has 1 amide bonds. The molecule has 4 rings (SSSR count). The third-order valence-electron chi connectivity index (χ3n) is 7.41. The number of carbonyl (C=O) groups is 2. The number of piperidine rings is 1. The van der Waals surface area contributed by atoms with Crippen molar-refractivity contribution < 1.29 is 9.59 Å². The summed E-state index contributed by atoms with van der Waals surface area (Å²) in [5.74, 6) is -0.0172. The molecule has 0 spiro atoms. The number of nitrogens with one attached hydrogen (secondary N) is 1. The van der Waals surface area contributed by atoms with E-state index in [0.29, 0.717) is 24.6 Å². The molecular weight excluding hydrogens is 472 g/mol. The third-order valence-corrected chi connectivity index (χ3v) is 7.41. The van der Waals surface area contributed by atoms with Crippen LogP contribution in [-0.4, -0.2) is 46.7 Å². The van der Waals surface area contributed by atoms with Gasteiger partial charge in [0.15, 0.2) is 0 Å². The lowest BCUT2D eigenvalue weighted by Gasteiger charge is -2.35. The van der Waals surface area contributed by atoms with E-state index in [0.717, 1.165) is 61.8 Å². The summed E-state index contributed by atoms with van der Waals surface area (Å²) in [6.45, 7) is 6.16. The molecule has 6 nitrogen and oxygen atoms in total. The fourth-order valence-electron chi connectivity index (χ4n) is 5.37. The lowest BCUT2D eigenvalue weighted by atomic mass is 9.94. The summed E-state index contributed by atoms with van der Waals surface area (Å²) >= 11 is 0. The number of carbonyl (C=O) groups excluding carboxylic acids is 2. The number of pyridine rings is 1. The third kappa shape index (κ3) is 7.83. The Balaban J connectivity index is 1.36. The molecule has 0 bridgehead atoms. The number of benzene rings is 2. The molecule has 1 unspecified atom stereocenters. The normalized spacial score (nSPS) is 16.0. The van der Waals surface area contributed by atoms with Crippen LogP contribution >= 0.6 is 0 Å². The molecule has 0 saturated carbocycles. The largest absolute Gasteiger partial charge is 0.298 e. The Bertz CT molecular complexity index is 1240. The average molecular weight is 513 g/mol. The molecule has 6 heteroatoms. The highest BCUT2D eigenvalue weighted by atomic mass is 16.2. The zero-order valence-electron chi connectivity index (χ0n) is 22.6. The van der Waals surface area contributed by atoms with Gasteiger partial charge in [0.05, 0.1) is 11.2 Å². The number of hydrazine groups is 1. The molecule has 3 aromatic rings. The maximum absolute atomic E-state index is 12.2. The summed E-state index contributed by atoms with van der Waals surface area (Å²) in [4.78, 5) is 31.4. The Kier molecular flexibility index (Phi) is 10.2. The van der Waals surface area contributed by atoms with Crippen LogP contribution in [0, 0.1) is 0 Å². The molecule has 2 aromatic carbocycles. The van der Waals surface area contributed by atoms with Crippen LogP contribution in [0.2, 0.25) is 0 Å². The van der Waals surface area contributed by atoms with Gasteiger partial charge < -0.3 is 0 Å². The van der Waals surface area contributed by atoms with Gasteiger partial charge in [0.1, 0.15) is 6.29 Å². The van der Waals surface area contributed by atoms with Crippen LogP contribution < -0.4 is 5.43 Å². The number of amides is 1. The first-order valence-electron chi connectivity index (χ1n) is 13.8. The zero-order chi connectivity index (χ0) is 26.7. The number of aromatic nitrogens is 1. The van der Waals surface area contributed by atoms with E-state index in [1.165, 1.54) is 30.2 Å². The predicted octanol–water partition coefficient (Wildman–Crippen LogP) is 5.85. The van der Waals surface area contributed by atoms with Crippen molar-refractivity contribution in [3.63, 3.8) is 0 Å². The topological polar surface area (TPSA) is 65.5 Å². The summed E-state index contributed by atoms with van der Waals surface area (Å²) in [6, 6.07) is 19.2. The second kappa shape index (κ2) is 14.0. The number of para-hydroxylation sites is 1. The number of likely N-dealkylation sites (tertiary alicyclic amines) is 1. The van der Waals surface area contributed by atoms with Gasteiger partial charge in [0, 0.05) is 43.5 Å². The second-order valence-electron chi connectivity index (χ2n) is 10.4. The van der Waals surface area contributed by atoms with Crippen LogP contribution in [0.4, 0.5) is 0 Å². The van der Waals surface area contributed by atoms with E-state index >= 15 is 0 Å². The van der Waals surface area contributed by atoms with Crippen molar-refractivity contribution in [3.8, 4) is 0 Å². The van der Waals surface area contributed by atoms with Crippen molar-refractivity contribution >= 4 is 23.1 Å². The van der Waals surface area contributed by atoms with Crippen molar-refractivity contribution in [2.24, 2.45) is 0 Å². The molecule has 1 atom stereocenters. The smallest absolute Gasteiger partial charge is 0.234 e. The van der Waals surface area contributed by atoms with E-state index in [2.05, 4.69) is 59.4 Å². The van der Waals surface area contributed by atoms with Gasteiger partial charge in [-0.05, 0) is 68.3 Å². The number of allylic oxidation sites excluding steroid dienone is 1. The van der Waals surface area contributed by atoms with Gasteiger partial charge in [0.25, 0.3) is 0 Å². The van der Waals surface area contributed by atoms with Crippen molar-refractivity contribution in [2.45, 2.75) is 70.5 Å². The van der Waals surface area contributed by atoms with Crippen LogP contribution in [-0.2, 0) is 24.3 Å². The lowest BCUT2D eigenvalue weighted by Crippen LogP contribution is -2.39. The molecule has 1 saturated heterocycles. The minimum Gasteiger partial charge on any atom is -0.298 e. The number of hydrogen-bond donors (Lipinski definition) is 1. The maximum atomic E-state index is 12.2. The Hall–Kier alpha value is -3.35. The lowest BCUT2D eigenvalue weighted by molar-refractivity contribution is -0.125. The molecule has 0 radical (unpaired) electrons. The number of hydrogen-bond acceptors (Lipinski definition) is 5. The zero-order valence-corrected chi connectivity index (χ0v) is 22.6. The van der Waals surface area contributed by atoms with Crippen LogP contribution in [0.3, 0.4) is 0 Å². The van der Waals surface area contributed by atoms with Gasteiger partial charge >= 0.3 is 0 Å². The molecular formula is C32H40N4O2. The van der Waals surface area contributed by atoms with Crippen molar-refractivity contribution in [3.05, 3.63) is 89.6 Å². The van der Waals surface area contributed by atoms with Gasteiger partial charge in [-0.15, -0.1) is 6.58 Å². The number of nitrogens with zero attached hydrogens (tertiary/aromatic N) is 3. The van der Waals surface area contributed by atoms with Crippen LogP contribution in [0.15, 0.2) is 67.3 Å². The SMILES string of the molecule is C=CCCCC(=O)NN(C)Cc1cc(CCC2CCCCN2Cc2ccc3ccccc3n2)ccc1C=O. The number of rotatable bonds is 13. The highest BCUT2D eigenvalue weighted by Crippen LogP contribution is 2.24. The molecule has 1 fully saturated rings. The first-order chi connectivity index (χ1) is 18.6. The van der Waals surface area contributed by atoms with Crippen LogP contribution in [0.5, 0.6) is 0 Å². The fourth-order valence-corrected chi connectivity index (χ4v) is 5.37. The first kappa shape index (κ1) is 27.7. The van der Waals surface area contributed by atoms with E-state index in [1.54, 1.807) is 5.01 Å². The molecule has 1 aromatic heterocycles. The van der Waals surface area contributed by atoms with Gasteiger partial charge in [-0.1, -0.05) is 55.0 Å². The van der Waals surface area contributed by atoms with Crippen LogP contribution in [0.1, 0.15) is 72.1 Å². The molecule has 1 N–H and O–H groups in total. The Morgan fingerprint density at radius 2 is 2.05 bits per heavy atom. The maximum Gasteiger partial charge on any atom is 0.234 e. The quantitative estimate of drug-likeness (QED) is 0.135. The Labute approximate surface area is 226 Å².